The van der Waals surface area contributed by atoms with E-state index in [1.807, 2.05) is 18.3 Å². The smallest absolute Gasteiger partial charge is 0.158 e. The average Bonchev–Trinajstić information content (AvgIpc) is 2.55. The van der Waals surface area contributed by atoms with E-state index in [1.54, 1.807) is 6.20 Å². The van der Waals surface area contributed by atoms with Crippen LogP contribution >= 0.6 is 0 Å². The molecule has 0 amide bonds. The first kappa shape index (κ1) is 13.3. The van der Waals surface area contributed by atoms with E-state index in [2.05, 4.69) is 37.7 Å². The molecule has 1 aliphatic heterocycles. The standard InChI is InChI=1S/C15H16N6/c1-12-2-3-17-14(8-12)20-4-6-21(7-5-20)15-11-18-13(9-16)10-19-15/h2-3,8,10-11H,4-7H2,1H3. The zero-order chi connectivity index (χ0) is 14.7. The zero-order valence-corrected chi connectivity index (χ0v) is 11.9. The molecule has 6 nitrogen and oxygen atoms in total. The molecule has 6 heteroatoms. The Bertz CT molecular complexity index is 653. The Morgan fingerprint density at radius 3 is 2.29 bits per heavy atom. The van der Waals surface area contributed by atoms with Crippen LogP contribution in [-0.2, 0) is 0 Å². The summed E-state index contributed by atoms with van der Waals surface area (Å²) in [5, 5.41) is 8.74. The van der Waals surface area contributed by atoms with Gasteiger partial charge in [-0.1, -0.05) is 0 Å². The highest BCUT2D eigenvalue weighted by Gasteiger charge is 2.19. The van der Waals surface area contributed by atoms with Crippen molar-refractivity contribution in [3.63, 3.8) is 0 Å². The predicted octanol–water partition coefficient (Wildman–Crippen LogP) is 1.38. The Labute approximate surface area is 123 Å². The Kier molecular flexibility index (Phi) is 3.65. The fourth-order valence-corrected chi connectivity index (χ4v) is 2.40. The van der Waals surface area contributed by atoms with E-state index >= 15 is 0 Å². The molecule has 2 aromatic rings. The van der Waals surface area contributed by atoms with Crippen molar-refractivity contribution in [1.29, 1.82) is 5.26 Å². The summed E-state index contributed by atoms with van der Waals surface area (Å²) in [6.45, 7) is 5.62. The number of hydrogen-bond acceptors (Lipinski definition) is 6. The van der Waals surface area contributed by atoms with E-state index in [0.29, 0.717) is 5.69 Å². The molecular weight excluding hydrogens is 264 g/mol. The first-order valence-electron chi connectivity index (χ1n) is 6.91. The number of aryl methyl sites for hydroxylation is 1. The van der Waals surface area contributed by atoms with Gasteiger partial charge in [-0.05, 0) is 24.6 Å². The third kappa shape index (κ3) is 2.92. The SMILES string of the molecule is Cc1ccnc(N2CCN(c3cnc(C#N)cn3)CC2)c1. The van der Waals surface area contributed by atoms with Crippen LogP contribution in [0.5, 0.6) is 0 Å². The summed E-state index contributed by atoms with van der Waals surface area (Å²) in [6.07, 6.45) is 5.03. The zero-order valence-electron chi connectivity index (χ0n) is 11.9. The largest absolute Gasteiger partial charge is 0.353 e. The molecule has 0 radical (unpaired) electrons. The van der Waals surface area contributed by atoms with E-state index < -0.39 is 0 Å². The van der Waals surface area contributed by atoms with E-state index in [-0.39, 0.29) is 0 Å². The highest BCUT2D eigenvalue weighted by molar-refractivity contribution is 5.45. The van der Waals surface area contributed by atoms with Crippen molar-refractivity contribution < 1.29 is 0 Å². The van der Waals surface area contributed by atoms with Gasteiger partial charge in [0.2, 0.25) is 0 Å². The minimum Gasteiger partial charge on any atom is -0.353 e. The fraction of sp³-hybridized carbons (Fsp3) is 0.333. The van der Waals surface area contributed by atoms with E-state index in [1.165, 1.54) is 11.8 Å². The topological polar surface area (TPSA) is 68.9 Å². The lowest BCUT2D eigenvalue weighted by atomic mass is 10.2. The van der Waals surface area contributed by atoms with Gasteiger partial charge in [-0.3, -0.25) is 0 Å². The normalized spacial score (nSPS) is 14.9. The van der Waals surface area contributed by atoms with Crippen molar-refractivity contribution in [1.82, 2.24) is 15.0 Å². The van der Waals surface area contributed by atoms with E-state index in [0.717, 1.165) is 37.8 Å². The van der Waals surface area contributed by atoms with E-state index in [9.17, 15) is 0 Å². The first-order chi connectivity index (χ1) is 10.3. The predicted molar refractivity (Wildman–Crippen MR) is 80.1 cm³/mol. The molecule has 0 saturated carbocycles. The summed E-state index contributed by atoms with van der Waals surface area (Å²) in [5.74, 6) is 1.85. The minimum atomic E-state index is 0.348. The number of hydrogen-bond donors (Lipinski definition) is 0. The van der Waals surface area contributed by atoms with Crippen LogP contribution in [-0.4, -0.2) is 41.1 Å². The lowest BCUT2D eigenvalue weighted by Crippen LogP contribution is -2.47. The van der Waals surface area contributed by atoms with Gasteiger partial charge in [0.05, 0.1) is 12.4 Å². The first-order valence-corrected chi connectivity index (χ1v) is 6.91. The summed E-state index contributed by atoms with van der Waals surface area (Å²) in [6, 6.07) is 6.10. The number of nitriles is 1. The van der Waals surface area contributed by atoms with Crippen molar-refractivity contribution >= 4 is 11.6 Å². The third-order valence-electron chi connectivity index (χ3n) is 3.58. The molecule has 3 rings (SSSR count). The monoisotopic (exact) mass is 280 g/mol. The Balaban J connectivity index is 1.66. The summed E-state index contributed by atoms with van der Waals surface area (Å²) >= 11 is 0. The van der Waals surface area contributed by atoms with Gasteiger partial charge in [-0.15, -0.1) is 0 Å². The molecule has 0 spiro atoms. The van der Waals surface area contributed by atoms with Crippen LogP contribution in [0.4, 0.5) is 11.6 Å². The van der Waals surface area contributed by atoms with Crippen LogP contribution in [0.2, 0.25) is 0 Å². The van der Waals surface area contributed by atoms with Crippen molar-refractivity contribution in [2.24, 2.45) is 0 Å². The van der Waals surface area contributed by atoms with Gasteiger partial charge < -0.3 is 9.80 Å². The molecule has 0 N–H and O–H groups in total. The average molecular weight is 280 g/mol. The second-order valence-electron chi connectivity index (χ2n) is 5.04. The molecule has 0 aromatic carbocycles. The number of piperazine rings is 1. The van der Waals surface area contributed by atoms with Gasteiger partial charge in [0.1, 0.15) is 17.7 Å². The maximum Gasteiger partial charge on any atom is 0.158 e. The summed E-state index contributed by atoms with van der Waals surface area (Å²) in [5.41, 5.74) is 1.57. The third-order valence-corrected chi connectivity index (χ3v) is 3.58. The molecule has 3 heterocycles. The Hall–Kier alpha value is -2.68. The van der Waals surface area contributed by atoms with Crippen LogP contribution < -0.4 is 9.80 Å². The number of pyridine rings is 1. The lowest BCUT2D eigenvalue weighted by molar-refractivity contribution is 0.640. The van der Waals surface area contributed by atoms with Crippen LogP contribution in [0.3, 0.4) is 0 Å². The molecule has 0 aliphatic carbocycles. The number of anilines is 2. The van der Waals surface area contributed by atoms with Crippen molar-refractivity contribution in [3.05, 3.63) is 42.0 Å². The fourth-order valence-electron chi connectivity index (χ4n) is 2.40. The molecule has 0 unspecified atom stereocenters. The summed E-state index contributed by atoms with van der Waals surface area (Å²) in [7, 11) is 0. The molecule has 2 aromatic heterocycles. The van der Waals surface area contributed by atoms with Crippen LogP contribution in [0.15, 0.2) is 30.7 Å². The Morgan fingerprint density at radius 2 is 1.71 bits per heavy atom. The van der Waals surface area contributed by atoms with Gasteiger partial charge in [0, 0.05) is 32.4 Å². The van der Waals surface area contributed by atoms with Gasteiger partial charge >= 0.3 is 0 Å². The molecule has 21 heavy (non-hydrogen) atoms. The summed E-state index contributed by atoms with van der Waals surface area (Å²) < 4.78 is 0. The van der Waals surface area contributed by atoms with Crippen LogP contribution in [0.25, 0.3) is 0 Å². The highest BCUT2D eigenvalue weighted by Crippen LogP contribution is 2.17. The summed E-state index contributed by atoms with van der Waals surface area (Å²) in [4.78, 5) is 17.2. The molecule has 0 bridgehead atoms. The van der Waals surface area contributed by atoms with Gasteiger partial charge in [-0.2, -0.15) is 5.26 Å². The Morgan fingerprint density at radius 1 is 1.00 bits per heavy atom. The van der Waals surface area contributed by atoms with Crippen molar-refractivity contribution in [2.75, 3.05) is 36.0 Å². The lowest BCUT2D eigenvalue weighted by Gasteiger charge is -2.35. The van der Waals surface area contributed by atoms with Gasteiger partial charge in [0.25, 0.3) is 0 Å². The van der Waals surface area contributed by atoms with Gasteiger partial charge in [-0.25, -0.2) is 15.0 Å². The van der Waals surface area contributed by atoms with Crippen LogP contribution in [0, 0.1) is 18.3 Å². The maximum atomic E-state index is 8.74. The van der Waals surface area contributed by atoms with Crippen molar-refractivity contribution in [2.45, 2.75) is 6.92 Å². The second kappa shape index (κ2) is 5.75. The molecule has 1 fully saturated rings. The molecule has 1 aliphatic rings. The minimum absolute atomic E-state index is 0.348. The molecule has 106 valence electrons. The second-order valence-corrected chi connectivity index (χ2v) is 5.04. The highest BCUT2D eigenvalue weighted by atomic mass is 15.3. The quantitative estimate of drug-likeness (QED) is 0.827. The van der Waals surface area contributed by atoms with E-state index in [4.69, 9.17) is 5.26 Å². The number of aromatic nitrogens is 3. The maximum absolute atomic E-state index is 8.74. The molecule has 1 saturated heterocycles. The number of nitrogens with zero attached hydrogens (tertiary/aromatic N) is 6. The van der Waals surface area contributed by atoms with Gasteiger partial charge in [0.15, 0.2) is 5.69 Å². The van der Waals surface area contributed by atoms with Crippen LogP contribution in [0.1, 0.15) is 11.3 Å². The molecule has 0 atom stereocenters. The van der Waals surface area contributed by atoms with Crippen molar-refractivity contribution in [3.8, 4) is 6.07 Å². The molecular formula is C15H16N6. The number of rotatable bonds is 2.